The molecule has 0 unspecified atom stereocenters. The van der Waals surface area contributed by atoms with Gasteiger partial charge in [0.1, 0.15) is 0 Å². The molecule has 1 aromatic heterocycles. The molecule has 1 heterocycles. The summed E-state index contributed by atoms with van der Waals surface area (Å²) in [6.07, 6.45) is 3.03. The van der Waals surface area contributed by atoms with Gasteiger partial charge in [0.25, 0.3) is 5.56 Å². The van der Waals surface area contributed by atoms with E-state index in [1.807, 2.05) is 16.8 Å². The summed E-state index contributed by atoms with van der Waals surface area (Å²) >= 11 is 0. The Labute approximate surface area is 65.5 Å². The van der Waals surface area contributed by atoms with E-state index in [9.17, 15) is 4.79 Å². The number of rotatable bonds is 1. The Bertz CT molecular complexity index is 315. The second-order valence-corrected chi connectivity index (χ2v) is 3.23. The van der Waals surface area contributed by atoms with Crippen LogP contribution in [0.3, 0.4) is 0 Å². The first-order valence-electron chi connectivity index (χ1n) is 3.96. The molecule has 58 valence electrons. The van der Waals surface area contributed by atoms with E-state index in [1.165, 1.54) is 0 Å². The van der Waals surface area contributed by atoms with E-state index in [2.05, 4.69) is 6.92 Å². The first kappa shape index (κ1) is 6.65. The maximum Gasteiger partial charge on any atom is 0.250 e. The summed E-state index contributed by atoms with van der Waals surface area (Å²) in [5, 5.41) is 0. The average molecular weight is 149 g/mol. The summed E-state index contributed by atoms with van der Waals surface area (Å²) < 4.78 is 1.82. The minimum atomic E-state index is 0.127. The molecule has 0 N–H and O–H groups in total. The number of aromatic nitrogens is 1. The van der Waals surface area contributed by atoms with Crippen LogP contribution in [0.2, 0.25) is 0 Å². The fourth-order valence-corrected chi connectivity index (χ4v) is 1.40. The van der Waals surface area contributed by atoms with E-state index in [-0.39, 0.29) is 5.56 Å². The fourth-order valence-electron chi connectivity index (χ4n) is 1.40. The van der Waals surface area contributed by atoms with E-state index in [0.29, 0.717) is 12.0 Å². The van der Waals surface area contributed by atoms with Crippen molar-refractivity contribution >= 4 is 0 Å². The summed E-state index contributed by atoms with van der Waals surface area (Å²) in [7, 11) is 0. The largest absolute Gasteiger partial charge is 0.312 e. The van der Waals surface area contributed by atoms with Gasteiger partial charge in [-0.05, 0) is 18.4 Å². The van der Waals surface area contributed by atoms with Crippen molar-refractivity contribution in [3.8, 4) is 0 Å². The standard InChI is InChI=1S/C9H11NO/c1-7-6-8(7)10-5-3-2-4-9(10)11/h2-5,7-8H,6H2,1H3/t7-,8+/m1/s1. The number of pyridine rings is 1. The van der Waals surface area contributed by atoms with E-state index in [1.54, 1.807) is 12.1 Å². The van der Waals surface area contributed by atoms with Gasteiger partial charge in [0.15, 0.2) is 0 Å². The van der Waals surface area contributed by atoms with Gasteiger partial charge in [-0.3, -0.25) is 4.79 Å². The predicted molar refractivity (Wildman–Crippen MR) is 43.5 cm³/mol. The van der Waals surface area contributed by atoms with Gasteiger partial charge in [-0.1, -0.05) is 13.0 Å². The van der Waals surface area contributed by atoms with Gasteiger partial charge in [0, 0.05) is 18.3 Å². The third-order valence-electron chi connectivity index (χ3n) is 2.28. The molecule has 2 heteroatoms. The number of hydrogen-bond acceptors (Lipinski definition) is 1. The lowest BCUT2D eigenvalue weighted by molar-refractivity contribution is 0.659. The minimum Gasteiger partial charge on any atom is -0.312 e. The molecular formula is C9H11NO. The zero-order valence-corrected chi connectivity index (χ0v) is 6.53. The lowest BCUT2D eigenvalue weighted by Gasteiger charge is -2.00. The molecule has 0 spiro atoms. The van der Waals surface area contributed by atoms with Gasteiger partial charge >= 0.3 is 0 Å². The van der Waals surface area contributed by atoms with Gasteiger partial charge in [0.05, 0.1) is 0 Å². The highest BCUT2D eigenvalue weighted by Gasteiger charge is 2.34. The topological polar surface area (TPSA) is 22.0 Å². The van der Waals surface area contributed by atoms with Crippen LogP contribution in [-0.4, -0.2) is 4.57 Å². The van der Waals surface area contributed by atoms with E-state index in [0.717, 1.165) is 6.42 Å². The minimum absolute atomic E-state index is 0.127. The van der Waals surface area contributed by atoms with Crippen molar-refractivity contribution in [1.82, 2.24) is 4.57 Å². The van der Waals surface area contributed by atoms with Crippen molar-refractivity contribution < 1.29 is 0 Å². The predicted octanol–water partition coefficient (Wildman–Crippen LogP) is 1.43. The van der Waals surface area contributed by atoms with Crippen molar-refractivity contribution in [2.45, 2.75) is 19.4 Å². The lowest BCUT2D eigenvalue weighted by Crippen LogP contribution is -2.16. The normalized spacial score (nSPS) is 28.5. The van der Waals surface area contributed by atoms with Crippen LogP contribution in [0, 0.1) is 5.92 Å². The summed E-state index contributed by atoms with van der Waals surface area (Å²) in [6, 6.07) is 5.78. The van der Waals surface area contributed by atoms with E-state index < -0.39 is 0 Å². The highest BCUT2D eigenvalue weighted by atomic mass is 16.1. The molecule has 0 aliphatic heterocycles. The van der Waals surface area contributed by atoms with E-state index >= 15 is 0 Å². The lowest BCUT2D eigenvalue weighted by atomic mass is 10.4. The van der Waals surface area contributed by atoms with Crippen molar-refractivity contribution in [2.24, 2.45) is 5.92 Å². The molecule has 0 bridgehead atoms. The highest BCUT2D eigenvalue weighted by Crippen LogP contribution is 2.41. The first-order valence-corrected chi connectivity index (χ1v) is 3.96. The molecular weight excluding hydrogens is 138 g/mol. The Morgan fingerprint density at radius 2 is 2.27 bits per heavy atom. The maximum absolute atomic E-state index is 11.2. The first-order chi connectivity index (χ1) is 5.29. The van der Waals surface area contributed by atoms with Gasteiger partial charge in [0.2, 0.25) is 0 Å². The van der Waals surface area contributed by atoms with Crippen molar-refractivity contribution in [2.75, 3.05) is 0 Å². The second kappa shape index (κ2) is 2.22. The molecule has 0 amide bonds. The van der Waals surface area contributed by atoms with Gasteiger partial charge < -0.3 is 4.57 Å². The van der Waals surface area contributed by atoms with E-state index in [4.69, 9.17) is 0 Å². The molecule has 1 aromatic rings. The third kappa shape index (κ3) is 1.09. The van der Waals surface area contributed by atoms with Crippen LogP contribution in [0.1, 0.15) is 19.4 Å². The zero-order valence-electron chi connectivity index (χ0n) is 6.53. The Hall–Kier alpha value is -1.05. The summed E-state index contributed by atoms with van der Waals surface area (Å²) in [5.74, 6) is 0.690. The summed E-state index contributed by atoms with van der Waals surface area (Å²) in [4.78, 5) is 11.2. The molecule has 1 saturated carbocycles. The monoisotopic (exact) mass is 149 g/mol. The molecule has 2 nitrogen and oxygen atoms in total. The fraction of sp³-hybridized carbons (Fsp3) is 0.444. The smallest absolute Gasteiger partial charge is 0.250 e. The summed E-state index contributed by atoms with van der Waals surface area (Å²) in [6.45, 7) is 2.17. The van der Waals surface area contributed by atoms with Gasteiger partial charge in [-0.2, -0.15) is 0 Å². The average Bonchev–Trinajstić information content (AvgIpc) is 2.68. The number of hydrogen-bond donors (Lipinski definition) is 0. The van der Waals surface area contributed by atoms with Gasteiger partial charge in [-0.25, -0.2) is 0 Å². The third-order valence-corrected chi connectivity index (χ3v) is 2.28. The van der Waals surface area contributed by atoms with Crippen molar-refractivity contribution in [3.05, 3.63) is 34.7 Å². The SMILES string of the molecule is C[C@@H]1C[C@@H]1n1ccccc1=O. The highest BCUT2D eigenvalue weighted by molar-refractivity contribution is 5.00. The molecule has 1 aliphatic carbocycles. The summed E-state index contributed by atoms with van der Waals surface area (Å²) in [5.41, 5.74) is 0.127. The Kier molecular flexibility index (Phi) is 1.34. The van der Waals surface area contributed by atoms with Crippen LogP contribution in [0.4, 0.5) is 0 Å². The molecule has 0 saturated heterocycles. The molecule has 2 atom stereocenters. The molecule has 0 radical (unpaired) electrons. The quantitative estimate of drug-likeness (QED) is 0.592. The van der Waals surface area contributed by atoms with Crippen molar-refractivity contribution in [1.29, 1.82) is 0 Å². The maximum atomic E-state index is 11.2. The Morgan fingerprint density at radius 3 is 2.82 bits per heavy atom. The second-order valence-electron chi connectivity index (χ2n) is 3.23. The molecule has 2 rings (SSSR count). The number of nitrogens with zero attached hydrogens (tertiary/aromatic N) is 1. The van der Waals surface area contributed by atoms with Gasteiger partial charge in [-0.15, -0.1) is 0 Å². The van der Waals surface area contributed by atoms with Crippen LogP contribution < -0.4 is 5.56 Å². The zero-order chi connectivity index (χ0) is 7.84. The molecule has 11 heavy (non-hydrogen) atoms. The van der Waals surface area contributed by atoms with Crippen LogP contribution in [0.5, 0.6) is 0 Å². The Balaban J connectivity index is 2.39. The van der Waals surface area contributed by atoms with Crippen LogP contribution in [0.15, 0.2) is 29.2 Å². The van der Waals surface area contributed by atoms with Crippen molar-refractivity contribution in [3.63, 3.8) is 0 Å². The molecule has 0 aromatic carbocycles. The van der Waals surface area contributed by atoms with Crippen LogP contribution in [0.25, 0.3) is 0 Å². The van der Waals surface area contributed by atoms with Crippen LogP contribution in [-0.2, 0) is 0 Å². The molecule has 1 fully saturated rings. The molecule has 1 aliphatic rings. The van der Waals surface area contributed by atoms with Crippen LogP contribution >= 0.6 is 0 Å². The Morgan fingerprint density at radius 1 is 1.55 bits per heavy atom.